The molecule has 2 amide bonds. The van der Waals surface area contributed by atoms with Crippen molar-refractivity contribution in [2.24, 2.45) is 0 Å². The topological polar surface area (TPSA) is 67.9 Å². The molecular formula is C27H27ClN2O4. The van der Waals surface area contributed by atoms with Crippen LogP contribution in [0.1, 0.15) is 40.9 Å². The molecule has 7 heteroatoms. The Balaban J connectivity index is 1.53. The third kappa shape index (κ3) is 5.51. The van der Waals surface area contributed by atoms with Crippen LogP contribution >= 0.6 is 11.6 Å². The average Bonchev–Trinajstić information content (AvgIpc) is 2.87. The van der Waals surface area contributed by atoms with Gasteiger partial charge >= 0.3 is 0 Å². The van der Waals surface area contributed by atoms with Gasteiger partial charge in [0.05, 0.1) is 23.0 Å². The highest BCUT2D eigenvalue weighted by atomic mass is 35.5. The van der Waals surface area contributed by atoms with E-state index >= 15 is 0 Å². The van der Waals surface area contributed by atoms with E-state index in [-0.39, 0.29) is 18.2 Å². The molecular weight excluding hydrogens is 452 g/mol. The Labute approximate surface area is 204 Å². The van der Waals surface area contributed by atoms with Crippen LogP contribution in [0.3, 0.4) is 0 Å². The molecule has 3 aromatic carbocycles. The van der Waals surface area contributed by atoms with Crippen molar-refractivity contribution in [2.45, 2.75) is 25.9 Å². The maximum atomic E-state index is 13.4. The Morgan fingerprint density at radius 3 is 2.47 bits per heavy atom. The van der Waals surface area contributed by atoms with Gasteiger partial charge in [-0.05, 0) is 30.7 Å². The Morgan fingerprint density at radius 1 is 0.971 bits per heavy atom. The number of ether oxygens (including phenoxy) is 2. The van der Waals surface area contributed by atoms with Gasteiger partial charge in [-0.3, -0.25) is 9.59 Å². The first-order chi connectivity index (χ1) is 16.6. The van der Waals surface area contributed by atoms with Crippen molar-refractivity contribution < 1.29 is 19.1 Å². The maximum absolute atomic E-state index is 13.4. The first-order valence-electron chi connectivity index (χ1n) is 11.3. The zero-order chi connectivity index (χ0) is 23.9. The molecule has 176 valence electrons. The minimum Gasteiger partial charge on any atom is -0.486 e. The maximum Gasteiger partial charge on any atom is 0.253 e. The largest absolute Gasteiger partial charge is 0.486 e. The van der Waals surface area contributed by atoms with Gasteiger partial charge in [0.15, 0.2) is 11.5 Å². The van der Waals surface area contributed by atoms with E-state index in [1.54, 1.807) is 29.2 Å². The summed E-state index contributed by atoms with van der Waals surface area (Å²) in [5.41, 5.74) is 2.11. The second kappa shape index (κ2) is 11.1. The van der Waals surface area contributed by atoms with Gasteiger partial charge in [0.2, 0.25) is 5.91 Å². The van der Waals surface area contributed by atoms with E-state index in [2.05, 4.69) is 5.32 Å². The number of hydrogen-bond acceptors (Lipinski definition) is 4. The fourth-order valence-electron chi connectivity index (χ4n) is 3.96. The van der Waals surface area contributed by atoms with Crippen LogP contribution < -0.4 is 14.8 Å². The van der Waals surface area contributed by atoms with Crippen LogP contribution in [0.25, 0.3) is 0 Å². The van der Waals surface area contributed by atoms with Gasteiger partial charge in [-0.15, -0.1) is 0 Å². The van der Waals surface area contributed by atoms with Gasteiger partial charge in [0.1, 0.15) is 13.2 Å². The number of nitrogens with one attached hydrogen (secondary N) is 1. The minimum absolute atomic E-state index is 0.0786. The quantitative estimate of drug-likeness (QED) is 0.493. The lowest BCUT2D eigenvalue weighted by Gasteiger charge is -2.27. The summed E-state index contributed by atoms with van der Waals surface area (Å²) in [6, 6.07) is 21.6. The summed E-state index contributed by atoms with van der Waals surface area (Å²) in [5.74, 6) is 0.983. The SMILES string of the molecule is CCN(Cc1cccc2c1OCCO2)C(=O)CC(NC(=O)c1ccccc1Cl)c1ccccc1. The molecule has 1 unspecified atom stereocenters. The number of nitrogens with zero attached hydrogens (tertiary/aromatic N) is 1. The van der Waals surface area contributed by atoms with Gasteiger partial charge in [-0.2, -0.15) is 0 Å². The molecule has 6 nitrogen and oxygen atoms in total. The summed E-state index contributed by atoms with van der Waals surface area (Å²) in [4.78, 5) is 28.1. The fourth-order valence-corrected chi connectivity index (χ4v) is 4.18. The van der Waals surface area contributed by atoms with Crippen molar-refractivity contribution in [1.82, 2.24) is 10.2 Å². The standard InChI is InChI=1S/C27H27ClN2O4/c1-2-30(18-20-11-8-14-24-26(20)34-16-15-33-24)25(31)17-23(19-9-4-3-5-10-19)29-27(32)21-12-6-7-13-22(21)28/h3-14,23H,2,15-18H2,1H3,(H,29,32). The van der Waals surface area contributed by atoms with Gasteiger partial charge in [0.25, 0.3) is 5.91 Å². The molecule has 0 aromatic heterocycles. The van der Waals surface area contributed by atoms with Crippen LogP contribution in [0.2, 0.25) is 5.02 Å². The van der Waals surface area contributed by atoms with Crippen LogP contribution in [-0.2, 0) is 11.3 Å². The lowest BCUT2D eigenvalue weighted by molar-refractivity contribution is -0.132. The Hall–Kier alpha value is -3.51. The summed E-state index contributed by atoms with van der Waals surface area (Å²) in [6.45, 7) is 3.83. The first kappa shape index (κ1) is 23.6. The number of hydrogen-bond donors (Lipinski definition) is 1. The molecule has 0 saturated heterocycles. The molecule has 1 heterocycles. The molecule has 0 bridgehead atoms. The van der Waals surface area contributed by atoms with E-state index in [0.29, 0.717) is 48.4 Å². The first-order valence-corrected chi connectivity index (χ1v) is 11.7. The van der Waals surface area contributed by atoms with E-state index < -0.39 is 6.04 Å². The fraction of sp³-hybridized carbons (Fsp3) is 0.259. The number of halogens is 1. The molecule has 4 rings (SSSR count). The van der Waals surface area contributed by atoms with E-state index in [9.17, 15) is 9.59 Å². The van der Waals surface area contributed by atoms with E-state index in [0.717, 1.165) is 11.1 Å². The lowest BCUT2D eigenvalue weighted by Crippen LogP contribution is -2.36. The summed E-state index contributed by atoms with van der Waals surface area (Å²) in [7, 11) is 0. The second-order valence-corrected chi connectivity index (χ2v) is 8.38. The molecule has 0 fully saturated rings. The molecule has 0 spiro atoms. The van der Waals surface area contributed by atoms with Crippen molar-refractivity contribution in [1.29, 1.82) is 0 Å². The van der Waals surface area contributed by atoms with Crippen LogP contribution in [0, 0.1) is 0 Å². The second-order valence-electron chi connectivity index (χ2n) is 7.97. The lowest BCUT2D eigenvalue weighted by atomic mass is 10.0. The summed E-state index contributed by atoms with van der Waals surface area (Å²) in [6.07, 6.45) is 0.112. The van der Waals surface area contributed by atoms with Gasteiger partial charge in [-0.25, -0.2) is 0 Å². The third-order valence-corrected chi connectivity index (χ3v) is 6.08. The highest BCUT2D eigenvalue weighted by molar-refractivity contribution is 6.33. The predicted molar refractivity (Wildman–Crippen MR) is 131 cm³/mol. The number of para-hydroxylation sites is 1. The van der Waals surface area contributed by atoms with Gasteiger partial charge in [-0.1, -0.05) is 66.2 Å². The highest BCUT2D eigenvalue weighted by Crippen LogP contribution is 2.34. The molecule has 1 aliphatic heterocycles. The molecule has 1 atom stereocenters. The monoisotopic (exact) mass is 478 g/mol. The molecule has 1 aliphatic rings. The number of rotatable bonds is 8. The number of carbonyl (C=O) groups excluding carboxylic acids is 2. The number of amides is 2. The molecule has 0 aliphatic carbocycles. The van der Waals surface area contributed by atoms with E-state index in [1.165, 1.54) is 0 Å². The van der Waals surface area contributed by atoms with Crippen molar-refractivity contribution in [3.8, 4) is 11.5 Å². The Morgan fingerprint density at radius 2 is 1.71 bits per heavy atom. The zero-order valence-corrected chi connectivity index (χ0v) is 19.8. The molecule has 1 N–H and O–H groups in total. The van der Waals surface area contributed by atoms with Crippen LogP contribution in [0.5, 0.6) is 11.5 Å². The Bertz CT molecular complexity index is 1150. The van der Waals surface area contributed by atoms with Crippen LogP contribution in [0.15, 0.2) is 72.8 Å². The van der Waals surface area contributed by atoms with Crippen molar-refractivity contribution >= 4 is 23.4 Å². The average molecular weight is 479 g/mol. The zero-order valence-electron chi connectivity index (χ0n) is 19.0. The van der Waals surface area contributed by atoms with Gasteiger partial charge < -0.3 is 19.7 Å². The van der Waals surface area contributed by atoms with E-state index in [4.69, 9.17) is 21.1 Å². The molecule has 0 saturated carbocycles. The highest BCUT2D eigenvalue weighted by Gasteiger charge is 2.24. The molecule has 0 radical (unpaired) electrons. The molecule has 34 heavy (non-hydrogen) atoms. The van der Waals surface area contributed by atoms with E-state index in [1.807, 2.05) is 55.5 Å². The number of carbonyl (C=O) groups is 2. The van der Waals surface area contributed by atoms with Crippen molar-refractivity contribution in [2.75, 3.05) is 19.8 Å². The normalized spacial score (nSPS) is 13.1. The summed E-state index contributed by atoms with van der Waals surface area (Å²) >= 11 is 6.22. The van der Waals surface area contributed by atoms with Gasteiger partial charge in [0, 0.05) is 18.7 Å². The summed E-state index contributed by atoms with van der Waals surface area (Å²) in [5, 5.41) is 3.36. The minimum atomic E-state index is -0.504. The number of benzene rings is 3. The van der Waals surface area contributed by atoms with Crippen molar-refractivity contribution in [3.63, 3.8) is 0 Å². The smallest absolute Gasteiger partial charge is 0.253 e. The Kier molecular flexibility index (Phi) is 7.70. The third-order valence-electron chi connectivity index (χ3n) is 5.75. The van der Waals surface area contributed by atoms with Crippen molar-refractivity contribution in [3.05, 3.63) is 94.5 Å². The summed E-state index contributed by atoms with van der Waals surface area (Å²) < 4.78 is 11.5. The van der Waals surface area contributed by atoms with Crippen LogP contribution in [0.4, 0.5) is 0 Å². The number of fused-ring (bicyclic) bond motifs is 1. The van der Waals surface area contributed by atoms with Crippen LogP contribution in [-0.4, -0.2) is 36.5 Å². The molecule has 3 aromatic rings. The predicted octanol–water partition coefficient (Wildman–Crippen LogP) is 5.02.